The number of fused-ring (bicyclic) bond motifs is 5. The van der Waals surface area contributed by atoms with Crippen LogP contribution in [0.3, 0.4) is 0 Å². The van der Waals surface area contributed by atoms with Gasteiger partial charge in [0.2, 0.25) is 0 Å². The number of allylic oxidation sites excluding steroid dienone is 1. The molecule has 2 atom stereocenters. The SMILES string of the molecule is O=C(O)C12CC=C(C=C3NC4CCCCC4=C31)N2. The van der Waals surface area contributed by atoms with E-state index in [4.69, 9.17) is 0 Å². The van der Waals surface area contributed by atoms with Crippen LogP contribution in [-0.2, 0) is 4.79 Å². The van der Waals surface area contributed by atoms with Gasteiger partial charge in [-0.25, -0.2) is 4.79 Å². The van der Waals surface area contributed by atoms with E-state index in [1.807, 2.05) is 6.08 Å². The Morgan fingerprint density at radius 2 is 2.33 bits per heavy atom. The molecule has 1 aliphatic carbocycles. The van der Waals surface area contributed by atoms with Gasteiger partial charge in [0.1, 0.15) is 0 Å². The maximum atomic E-state index is 11.8. The molecule has 4 rings (SSSR count). The van der Waals surface area contributed by atoms with Gasteiger partial charge >= 0.3 is 5.97 Å². The second-order valence-corrected chi connectivity index (χ2v) is 5.60. The monoisotopic (exact) mass is 244 g/mol. The molecular weight excluding hydrogens is 228 g/mol. The average molecular weight is 244 g/mol. The summed E-state index contributed by atoms with van der Waals surface area (Å²) in [5.74, 6) is -0.755. The molecule has 0 saturated heterocycles. The maximum absolute atomic E-state index is 11.8. The first-order chi connectivity index (χ1) is 8.71. The molecule has 94 valence electrons. The van der Waals surface area contributed by atoms with Crippen LogP contribution in [-0.4, -0.2) is 22.7 Å². The van der Waals surface area contributed by atoms with Gasteiger partial charge in [0.25, 0.3) is 0 Å². The molecule has 1 fully saturated rings. The lowest BCUT2D eigenvalue weighted by molar-refractivity contribution is -0.142. The van der Waals surface area contributed by atoms with Crippen LogP contribution >= 0.6 is 0 Å². The molecule has 0 spiro atoms. The number of nitrogens with one attached hydrogen (secondary N) is 2. The third kappa shape index (κ3) is 1.08. The van der Waals surface area contributed by atoms with Crippen LogP contribution in [0.5, 0.6) is 0 Å². The summed E-state index contributed by atoms with van der Waals surface area (Å²) in [5.41, 5.74) is 3.45. The molecule has 0 aromatic rings. The largest absolute Gasteiger partial charge is 0.479 e. The molecule has 3 heterocycles. The molecule has 4 heteroatoms. The van der Waals surface area contributed by atoms with Crippen molar-refractivity contribution in [3.05, 3.63) is 34.7 Å². The molecule has 0 aromatic carbocycles. The van der Waals surface area contributed by atoms with E-state index in [0.717, 1.165) is 29.8 Å². The van der Waals surface area contributed by atoms with Gasteiger partial charge in [0.15, 0.2) is 5.54 Å². The Hall–Kier alpha value is -1.71. The van der Waals surface area contributed by atoms with Crippen molar-refractivity contribution >= 4 is 5.97 Å². The molecule has 3 aliphatic heterocycles. The van der Waals surface area contributed by atoms with Crippen LogP contribution in [0.4, 0.5) is 0 Å². The van der Waals surface area contributed by atoms with Crippen molar-refractivity contribution < 1.29 is 9.90 Å². The fourth-order valence-electron chi connectivity index (χ4n) is 3.80. The third-order valence-electron chi connectivity index (χ3n) is 4.61. The molecule has 0 amide bonds. The Morgan fingerprint density at radius 3 is 3.17 bits per heavy atom. The van der Waals surface area contributed by atoms with Crippen LogP contribution < -0.4 is 10.6 Å². The van der Waals surface area contributed by atoms with Crippen molar-refractivity contribution in [2.24, 2.45) is 0 Å². The first kappa shape index (κ1) is 10.2. The standard InChI is InChI=1S/C14H16N2O2/c17-13(18)14-6-5-8(16-14)7-11-12(14)9-3-1-2-4-10(9)15-11/h5,7,10,15-16H,1-4,6H2,(H,17,18). The van der Waals surface area contributed by atoms with E-state index in [9.17, 15) is 9.90 Å². The van der Waals surface area contributed by atoms with Crippen LogP contribution in [0.25, 0.3) is 0 Å². The number of carboxylic acid groups (broad SMARTS) is 1. The summed E-state index contributed by atoms with van der Waals surface area (Å²) in [6.07, 6.45) is 9.20. The highest BCUT2D eigenvalue weighted by Crippen LogP contribution is 2.46. The number of aliphatic carboxylic acids is 1. The number of carboxylic acids is 1. The summed E-state index contributed by atoms with van der Waals surface area (Å²) < 4.78 is 0. The van der Waals surface area contributed by atoms with E-state index in [1.165, 1.54) is 18.4 Å². The molecule has 2 bridgehead atoms. The molecule has 3 N–H and O–H groups in total. The lowest BCUT2D eigenvalue weighted by Gasteiger charge is -2.32. The minimum Gasteiger partial charge on any atom is -0.479 e. The van der Waals surface area contributed by atoms with Gasteiger partial charge < -0.3 is 15.7 Å². The molecule has 0 radical (unpaired) electrons. The van der Waals surface area contributed by atoms with Gasteiger partial charge in [-0.2, -0.15) is 0 Å². The Bertz CT molecular complexity index is 544. The van der Waals surface area contributed by atoms with Gasteiger partial charge in [-0.05, 0) is 30.9 Å². The third-order valence-corrected chi connectivity index (χ3v) is 4.61. The molecule has 18 heavy (non-hydrogen) atoms. The normalized spacial score (nSPS) is 36.1. The van der Waals surface area contributed by atoms with Gasteiger partial charge in [-0.1, -0.05) is 12.5 Å². The smallest absolute Gasteiger partial charge is 0.334 e. The van der Waals surface area contributed by atoms with Crippen LogP contribution in [0.15, 0.2) is 34.7 Å². The summed E-state index contributed by atoms with van der Waals surface area (Å²) >= 11 is 0. The van der Waals surface area contributed by atoms with Crippen molar-refractivity contribution in [2.45, 2.75) is 43.7 Å². The minimum absolute atomic E-state index is 0.373. The molecule has 4 aliphatic rings. The fourth-order valence-corrected chi connectivity index (χ4v) is 3.80. The van der Waals surface area contributed by atoms with E-state index in [2.05, 4.69) is 16.7 Å². The Labute approximate surface area is 105 Å². The highest BCUT2D eigenvalue weighted by atomic mass is 16.4. The highest BCUT2D eigenvalue weighted by molar-refractivity contribution is 5.89. The van der Waals surface area contributed by atoms with E-state index in [-0.39, 0.29) is 0 Å². The van der Waals surface area contributed by atoms with Crippen LogP contribution in [0.1, 0.15) is 32.1 Å². The minimum atomic E-state index is -0.895. The molecule has 2 unspecified atom stereocenters. The van der Waals surface area contributed by atoms with E-state index >= 15 is 0 Å². The first-order valence-electron chi connectivity index (χ1n) is 6.64. The van der Waals surface area contributed by atoms with Gasteiger partial charge in [-0.3, -0.25) is 0 Å². The van der Waals surface area contributed by atoms with Crippen LogP contribution in [0.2, 0.25) is 0 Å². The summed E-state index contributed by atoms with van der Waals surface area (Å²) in [6.45, 7) is 0. The van der Waals surface area contributed by atoms with E-state index in [1.54, 1.807) is 0 Å². The number of hydrogen-bond donors (Lipinski definition) is 3. The molecular formula is C14H16N2O2. The molecule has 1 saturated carbocycles. The summed E-state index contributed by atoms with van der Waals surface area (Å²) in [5, 5.41) is 16.4. The Kier molecular flexibility index (Phi) is 1.81. The van der Waals surface area contributed by atoms with E-state index < -0.39 is 11.5 Å². The zero-order valence-corrected chi connectivity index (χ0v) is 10.1. The lowest BCUT2D eigenvalue weighted by atomic mass is 9.79. The first-order valence-corrected chi connectivity index (χ1v) is 6.64. The van der Waals surface area contributed by atoms with Crippen molar-refractivity contribution in [1.82, 2.24) is 10.6 Å². The zero-order valence-electron chi connectivity index (χ0n) is 10.1. The quantitative estimate of drug-likeness (QED) is 0.653. The van der Waals surface area contributed by atoms with Crippen molar-refractivity contribution in [3.63, 3.8) is 0 Å². The number of carbonyl (C=O) groups is 1. The maximum Gasteiger partial charge on any atom is 0.334 e. The fraction of sp³-hybridized carbons (Fsp3) is 0.500. The topological polar surface area (TPSA) is 61.4 Å². The van der Waals surface area contributed by atoms with Gasteiger partial charge in [0, 0.05) is 29.4 Å². The summed E-state index contributed by atoms with van der Waals surface area (Å²) in [4.78, 5) is 11.8. The van der Waals surface area contributed by atoms with Crippen LogP contribution in [0, 0.1) is 0 Å². The second kappa shape index (κ2) is 3.19. The number of hydrogen-bond acceptors (Lipinski definition) is 3. The Morgan fingerprint density at radius 1 is 1.44 bits per heavy atom. The molecule has 0 aromatic heterocycles. The summed E-state index contributed by atoms with van der Waals surface area (Å²) in [6, 6.07) is 0.373. The van der Waals surface area contributed by atoms with Crippen molar-refractivity contribution in [3.8, 4) is 0 Å². The highest BCUT2D eigenvalue weighted by Gasteiger charge is 2.52. The molecule has 4 nitrogen and oxygen atoms in total. The predicted molar refractivity (Wildman–Crippen MR) is 66.7 cm³/mol. The average Bonchev–Trinajstić information content (AvgIpc) is 2.89. The Balaban J connectivity index is 1.92. The van der Waals surface area contributed by atoms with Crippen molar-refractivity contribution in [2.75, 3.05) is 0 Å². The predicted octanol–water partition coefficient (Wildman–Crippen LogP) is 1.43. The van der Waals surface area contributed by atoms with Gasteiger partial charge in [-0.15, -0.1) is 0 Å². The van der Waals surface area contributed by atoms with Gasteiger partial charge in [0.05, 0.1) is 0 Å². The van der Waals surface area contributed by atoms with Crippen molar-refractivity contribution in [1.29, 1.82) is 0 Å². The van der Waals surface area contributed by atoms with E-state index in [0.29, 0.717) is 12.5 Å². The summed E-state index contributed by atoms with van der Waals surface area (Å²) in [7, 11) is 0. The zero-order chi connectivity index (χ0) is 12.3. The second-order valence-electron chi connectivity index (χ2n) is 5.60. The lowest BCUT2D eigenvalue weighted by Crippen LogP contribution is -2.52. The number of rotatable bonds is 1.